The zero-order valence-electron chi connectivity index (χ0n) is 14.9. The number of nitrogens with zero attached hydrogens (tertiary/aromatic N) is 2. The smallest absolute Gasteiger partial charge is 0.227 e. The van der Waals surface area contributed by atoms with E-state index in [4.69, 9.17) is 5.73 Å². The van der Waals surface area contributed by atoms with Crippen LogP contribution in [0.2, 0.25) is 0 Å². The van der Waals surface area contributed by atoms with Gasteiger partial charge in [-0.15, -0.1) is 0 Å². The quantitative estimate of drug-likeness (QED) is 0.658. The summed E-state index contributed by atoms with van der Waals surface area (Å²) in [5.41, 5.74) is 11.9. The van der Waals surface area contributed by atoms with Crippen LogP contribution < -0.4 is 16.0 Å². The molecular weight excluding hydrogens is 324 g/mol. The van der Waals surface area contributed by atoms with Crippen LogP contribution in [0.25, 0.3) is 0 Å². The van der Waals surface area contributed by atoms with Crippen molar-refractivity contribution < 1.29 is 4.79 Å². The van der Waals surface area contributed by atoms with Crippen molar-refractivity contribution in [1.82, 2.24) is 0 Å². The summed E-state index contributed by atoms with van der Waals surface area (Å²) in [6, 6.07) is 14.4. The lowest BCUT2D eigenvalue weighted by atomic mass is 10.1. The molecule has 2 aromatic rings. The Morgan fingerprint density at radius 2 is 1.85 bits per heavy atom. The first-order chi connectivity index (χ1) is 12.7. The number of fused-ring (bicyclic) bond motifs is 1. The van der Waals surface area contributed by atoms with E-state index < -0.39 is 0 Å². The van der Waals surface area contributed by atoms with Gasteiger partial charge in [0.05, 0.1) is 6.54 Å². The largest absolute Gasteiger partial charge is 0.370 e. The number of benzene rings is 2. The molecule has 0 saturated carbocycles. The molecule has 1 fully saturated rings. The average molecular weight is 348 g/mol. The number of nitrogens with one attached hydrogen (secondary N) is 1. The molecule has 0 unspecified atom stereocenters. The molecule has 2 aromatic carbocycles. The van der Waals surface area contributed by atoms with E-state index in [9.17, 15) is 4.79 Å². The number of aryl methyl sites for hydroxylation is 2. The number of carbonyl (C=O) groups is 1. The number of rotatable bonds is 4. The van der Waals surface area contributed by atoms with Crippen molar-refractivity contribution in [2.45, 2.75) is 38.6 Å². The third kappa shape index (κ3) is 3.57. The summed E-state index contributed by atoms with van der Waals surface area (Å²) < 4.78 is 0. The molecule has 134 valence electrons. The first kappa shape index (κ1) is 16.6. The number of nitrogens with two attached hydrogens (primary N) is 1. The summed E-state index contributed by atoms with van der Waals surface area (Å²) in [4.78, 5) is 18.1. The Morgan fingerprint density at radius 1 is 1.04 bits per heavy atom. The van der Waals surface area contributed by atoms with Gasteiger partial charge in [0.25, 0.3) is 0 Å². The molecule has 1 aliphatic carbocycles. The number of anilines is 2. The first-order valence-electron chi connectivity index (χ1n) is 9.27. The normalized spacial score (nSPS) is 16.8. The van der Waals surface area contributed by atoms with Crippen molar-refractivity contribution in [3.05, 3.63) is 59.2 Å². The molecule has 5 heteroatoms. The van der Waals surface area contributed by atoms with Crippen molar-refractivity contribution >= 4 is 23.2 Å². The number of hydrogen-bond donors (Lipinski definition) is 2. The van der Waals surface area contributed by atoms with Crippen LogP contribution >= 0.6 is 0 Å². The van der Waals surface area contributed by atoms with E-state index in [1.807, 2.05) is 29.2 Å². The van der Waals surface area contributed by atoms with E-state index in [1.165, 1.54) is 24.0 Å². The van der Waals surface area contributed by atoms with Crippen LogP contribution in [0.1, 0.15) is 36.0 Å². The lowest BCUT2D eigenvalue weighted by Crippen LogP contribution is -2.23. The highest BCUT2D eigenvalue weighted by molar-refractivity contribution is 5.95. The number of carbonyl (C=O) groups excluding carboxylic acids is 1. The molecule has 1 amide bonds. The zero-order chi connectivity index (χ0) is 17.9. The number of aliphatic imine (C=N–C) groups is 1. The minimum atomic E-state index is 0.207. The van der Waals surface area contributed by atoms with Gasteiger partial charge in [-0.25, -0.2) is 4.99 Å². The van der Waals surface area contributed by atoms with Crippen LogP contribution in [0.5, 0.6) is 0 Å². The number of hydrogen-bond acceptors (Lipinski definition) is 2. The van der Waals surface area contributed by atoms with Gasteiger partial charge >= 0.3 is 0 Å². The van der Waals surface area contributed by atoms with E-state index in [2.05, 4.69) is 28.5 Å². The predicted octanol–water partition coefficient (Wildman–Crippen LogP) is 3.23. The van der Waals surface area contributed by atoms with Gasteiger partial charge in [0, 0.05) is 24.3 Å². The van der Waals surface area contributed by atoms with E-state index in [0.29, 0.717) is 18.9 Å². The van der Waals surface area contributed by atoms with Crippen LogP contribution in [0.4, 0.5) is 11.4 Å². The van der Waals surface area contributed by atoms with Gasteiger partial charge in [0.1, 0.15) is 0 Å². The maximum Gasteiger partial charge on any atom is 0.227 e. The standard InChI is InChI=1S/C21H24N4O/c22-21(24-18-9-8-16-3-1-4-17(16)13-18)23-14-15-6-10-19(11-7-15)25-12-2-5-20(25)26/h6-11,13H,1-5,12,14H2,(H3,22,23,24). The second-order valence-corrected chi connectivity index (χ2v) is 6.98. The molecule has 0 aromatic heterocycles. The van der Waals surface area contributed by atoms with Crippen molar-refractivity contribution in [1.29, 1.82) is 0 Å². The van der Waals surface area contributed by atoms with Gasteiger partial charge in [0.15, 0.2) is 5.96 Å². The Hall–Kier alpha value is -2.82. The average Bonchev–Trinajstić information content (AvgIpc) is 3.29. The Bertz CT molecular complexity index is 842. The molecule has 1 saturated heterocycles. The van der Waals surface area contributed by atoms with E-state index in [0.717, 1.165) is 36.3 Å². The van der Waals surface area contributed by atoms with Crippen molar-refractivity contribution in [3.8, 4) is 0 Å². The molecule has 2 aliphatic rings. The second kappa shape index (κ2) is 7.20. The Balaban J connectivity index is 1.37. The molecule has 4 rings (SSSR count). The van der Waals surface area contributed by atoms with Crippen molar-refractivity contribution in [2.24, 2.45) is 10.7 Å². The van der Waals surface area contributed by atoms with Crippen LogP contribution in [0.15, 0.2) is 47.5 Å². The highest BCUT2D eigenvalue weighted by Crippen LogP contribution is 2.25. The lowest BCUT2D eigenvalue weighted by Gasteiger charge is -2.15. The third-order valence-corrected chi connectivity index (χ3v) is 5.12. The molecule has 3 N–H and O–H groups in total. The summed E-state index contributed by atoms with van der Waals surface area (Å²) in [6.45, 7) is 1.33. The zero-order valence-corrected chi connectivity index (χ0v) is 14.9. The maximum absolute atomic E-state index is 11.8. The minimum absolute atomic E-state index is 0.207. The fraction of sp³-hybridized carbons (Fsp3) is 0.333. The molecule has 26 heavy (non-hydrogen) atoms. The van der Waals surface area contributed by atoms with Crippen LogP contribution in [0.3, 0.4) is 0 Å². The first-order valence-corrected chi connectivity index (χ1v) is 9.27. The Kier molecular flexibility index (Phi) is 4.61. The van der Waals surface area contributed by atoms with Crippen LogP contribution in [-0.4, -0.2) is 18.4 Å². The monoisotopic (exact) mass is 348 g/mol. The van der Waals surface area contributed by atoms with Crippen LogP contribution in [-0.2, 0) is 24.2 Å². The molecule has 0 atom stereocenters. The van der Waals surface area contributed by atoms with Gasteiger partial charge in [0.2, 0.25) is 5.91 Å². The maximum atomic E-state index is 11.8. The van der Waals surface area contributed by atoms with E-state index in [-0.39, 0.29) is 5.91 Å². The summed E-state index contributed by atoms with van der Waals surface area (Å²) in [5.74, 6) is 0.625. The number of amides is 1. The van der Waals surface area contributed by atoms with Gasteiger partial charge in [-0.05, 0) is 66.6 Å². The van der Waals surface area contributed by atoms with Crippen molar-refractivity contribution in [2.75, 3.05) is 16.8 Å². The SMILES string of the molecule is NC(=NCc1ccc(N2CCCC2=O)cc1)Nc1ccc2c(c1)CCC2. The van der Waals surface area contributed by atoms with Gasteiger partial charge in [-0.2, -0.15) is 0 Å². The van der Waals surface area contributed by atoms with Gasteiger partial charge < -0.3 is 16.0 Å². The predicted molar refractivity (Wildman–Crippen MR) is 105 cm³/mol. The summed E-state index contributed by atoms with van der Waals surface area (Å²) in [7, 11) is 0. The fourth-order valence-electron chi connectivity index (χ4n) is 3.72. The molecule has 0 spiro atoms. The highest BCUT2D eigenvalue weighted by Gasteiger charge is 2.21. The minimum Gasteiger partial charge on any atom is -0.370 e. The molecule has 0 radical (unpaired) electrons. The van der Waals surface area contributed by atoms with Gasteiger partial charge in [-0.3, -0.25) is 4.79 Å². The Labute approximate surface area is 153 Å². The summed E-state index contributed by atoms with van der Waals surface area (Å²) in [5, 5.41) is 3.18. The number of guanidine groups is 1. The summed E-state index contributed by atoms with van der Waals surface area (Å²) in [6.07, 6.45) is 5.15. The fourth-order valence-corrected chi connectivity index (χ4v) is 3.72. The molecular formula is C21H24N4O. The topological polar surface area (TPSA) is 70.7 Å². The van der Waals surface area contributed by atoms with E-state index in [1.54, 1.807) is 0 Å². The lowest BCUT2D eigenvalue weighted by molar-refractivity contribution is -0.117. The second-order valence-electron chi connectivity index (χ2n) is 6.98. The Morgan fingerprint density at radius 3 is 2.62 bits per heavy atom. The molecule has 1 heterocycles. The molecule has 5 nitrogen and oxygen atoms in total. The van der Waals surface area contributed by atoms with Crippen LogP contribution in [0, 0.1) is 0 Å². The van der Waals surface area contributed by atoms with Gasteiger partial charge in [-0.1, -0.05) is 18.2 Å². The molecule has 0 bridgehead atoms. The molecule has 1 aliphatic heterocycles. The van der Waals surface area contributed by atoms with E-state index >= 15 is 0 Å². The third-order valence-electron chi connectivity index (χ3n) is 5.12. The van der Waals surface area contributed by atoms with Crippen molar-refractivity contribution in [3.63, 3.8) is 0 Å². The summed E-state index contributed by atoms with van der Waals surface area (Å²) >= 11 is 0. The highest BCUT2D eigenvalue weighted by atomic mass is 16.2.